The number of methoxy groups -OCH3 is 2. The second kappa shape index (κ2) is 4.74. The van der Waals surface area contributed by atoms with Crippen molar-refractivity contribution in [3.63, 3.8) is 0 Å². The van der Waals surface area contributed by atoms with Gasteiger partial charge in [0.2, 0.25) is 0 Å². The fourth-order valence-corrected chi connectivity index (χ4v) is 2.85. The van der Waals surface area contributed by atoms with Crippen LogP contribution in [0.25, 0.3) is 0 Å². The number of carbonyl (C=O) groups is 1. The Morgan fingerprint density at radius 3 is 2.63 bits per heavy atom. The first-order valence-corrected chi connectivity index (χ1v) is 6.48. The maximum atomic E-state index is 12.3. The van der Waals surface area contributed by atoms with Gasteiger partial charge < -0.3 is 20.1 Å². The lowest BCUT2D eigenvalue weighted by molar-refractivity contribution is 0.0943. The SMILES string of the molecule is COc1ccc(OC)c(C(=O)NC2C3CNCC32)c1. The standard InChI is InChI=1S/C14H18N2O3/c1-18-8-3-4-12(19-2)9(5-8)14(17)16-13-10-6-15-7-11(10)13/h3-5,10-11,13,15H,6-7H2,1-2H3,(H,16,17). The van der Waals surface area contributed by atoms with E-state index < -0.39 is 0 Å². The number of nitrogens with one attached hydrogen (secondary N) is 2. The molecule has 0 bridgehead atoms. The monoisotopic (exact) mass is 262 g/mol. The third kappa shape index (κ3) is 2.14. The van der Waals surface area contributed by atoms with Crippen molar-refractivity contribution in [2.24, 2.45) is 11.8 Å². The van der Waals surface area contributed by atoms with Gasteiger partial charge >= 0.3 is 0 Å². The van der Waals surface area contributed by atoms with Crippen LogP contribution in [0.2, 0.25) is 0 Å². The van der Waals surface area contributed by atoms with E-state index in [0.717, 1.165) is 13.1 Å². The Hall–Kier alpha value is -1.75. The minimum atomic E-state index is -0.0878. The predicted molar refractivity (Wildman–Crippen MR) is 70.6 cm³/mol. The van der Waals surface area contributed by atoms with E-state index in [1.807, 2.05) is 0 Å². The normalized spacial score (nSPS) is 27.6. The first-order chi connectivity index (χ1) is 9.24. The molecule has 2 fully saturated rings. The summed E-state index contributed by atoms with van der Waals surface area (Å²) in [6.07, 6.45) is 0. The summed E-state index contributed by atoms with van der Waals surface area (Å²) in [6.45, 7) is 2.01. The molecule has 1 saturated heterocycles. The van der Waals surface area contributed by atoms with Gasteiger partial charge in [0.15, 0.2) is 0 Å². The number of ether oxygens (including phenoxy) is 2. The van der Waals surface area contributed by atoms with Crippen LogP contribution in [0.15, 0.2) is 18.2 Å². The fourth-order valence-electron chi connectivity index (χ4n) is 2.85. The third-order valence-electron chi connectivity index (χ3n) is 4.04. The molecule has 1 aliphatic carbocycles. The first-order valence-electron chi connectivity index (χ1n) is 6.48. The van der Waals surface area contributed by atoms with Gasteiger partial charge in [-0.25, -0.2) is 0 Å². The highest BCUT2D eigenvalue weighted by Gasteiger charge is 2.53. The van der Waals surface area contributed by atoms with Crippen molar-refractivity contribution in [1.29, 1.82) is 0 Å². The van der Waals surface area contributed by atoms with E-state index in [4.69, 9.17) is 9.47 Å². The van der Waals surface area contributed by atoms with Gasteiger partial charge in [0.25, 0.3) is 5.91 Å². The Kier molecular flexibility index (Phi) is 3.06. The van der Waals surface area contributed by atoms with Gasteiger partial charge in [-0.3, -0.25) is 4.79 Å². The van der Waals surface area contributed by atoms with Crippen molar-refractivity contribution in [2.45, 2.75) is 6.04 Å². The van der Waals surface area contributed by atoms with Crippen LogP contribution >= 0.6 is 0 Å². The van der Waals surface area contributed by atoms with Crippen LogP contribution in [-0.4, -0.2) is 39.3 Å². The van der Waals surface area contributed by atoms with Gasteiger partial charge in [0.1, 0.15) is 11.5 Å². The van der Waals surface area contributed by atoms with Crippen molar-refractivity contribution >= 4 is 5.91 Å². The smallest absolute Gasteiger partial charge is 0.255 e. The van der Waals surface area contributed by atoms with Crippen molar-refractivity contribution in [1.82, 2.24) is 10.6 Å². The average Bonchev–Trinajstić information content (AvgIpc) is 2.89. The summed E-state index contributed by atoms with van der Waals surface area (Å²) in [6, 6.07) is 5.56. The zero-order valence-electron chi connectivity index (χ0n) is 11.1. The minimum Gasteiger partial charge on any atom is -0.497 e. The second-order valence-corrected chi connectivity index (χ2v) is 5.05. The van der Waals surface area contributed by atoms with Crippen molar-refractivity contribution < 1.29 is 14.3 Å². The van der Waals surface area contributed by atoms with Crippen LogP contribution in [0.4, 0.5) is 0 Å². The number of rotatable bonds is 4. The highest BCUT2D eigenvalue weighted by Crippen LogP contribution is 2.42. The molecular formula is C14H18N2O3. The van der Waals surface area contributed by atoms with E-state index in [2.05, 4.69) is 10.6 Å². The lowest BCUT2D eigenvalue weighted by Gasteiger charge is -2.12. The Labute approximate surface area is 112 Å². The molecule has 1 aromatic rings. The molecule has 102 valence electrons. The van der Waals surface area contributed by atoms with Crippen molar-refractivity contribution in [2.75, 3.05) is 27.3 Å². The number of piperidine rings is 1. The quantitative estimate of drug-likeness (QED) is 0.836. The molecule has 0 spiro atoms. The molecule has 1 saturated carbocycles. The molecule has 1 aliphatic heterocycles. The number of carbonyl (C=O) groups excluding carboxylic acids is 1. The molecule has 1 heterocycles. The molecule has 2 aliphatic rings. The summed E-state index contributed by atoms with van der Waals surface area (Å²) < 4.78 is 10.4. The summed E-state index contributed by atoms with van der Waals surface area (Å²) >= 11 is 0. The molecule has 1 aromatic carbocycles. The Morgan fingerprint density at radius 1 is 1.26 bits per heavy atom. The summed E-state index contributed by atoms with van der Waals surface area (Å²) in [5.74, 6) is 2.34. The Balaban J connectivity index is 1.75. The van der Waals surface area contributed by atoms with E-state index in [1.165, 1.54) is 0 Å². The summed E-state index contributed by atoms with van der Waals surface area (Å²) in [4.78, 5) is 12.3. The highest BCUT2D eigenvalue weighted by atomic mass is 16.5. The van der Waals surface area contributed by atoms with Crippen molar-refractivity contribution in [3.05, 3.63) is 23.8 Å². The van der Waals surface area contributed by atoms with Gasteiger partial charge in [-0.1, -0.05) is 0 Å². The minimum absolute atomic E-state index is 0.0878. The number of fused-ring (bicyclic) bond motifs is 1. The molecule has 2 N–H and O–H groups in total. The van der Waals surface area contributed by atoms with Gasteiger partial charge in [0.05, 0.1) is 19.8 Å². The van der Waals surface area contributed by atoms with Crippen LogP contribution in [0.3, 0.4) is 0 Å². The summed E-state index contributed by atoms with van der Waals surface area (Å²) in [5, 5.41) is 6.39. The van der Waals surface area contributed by atoms with Gasteiger partial charge in [-0.15, -0.1) is 0 Å². The largest absolute Gasteiger partial charge is 0.497 e. The van der Waals surface area contributed by atoms with Gasteiger partial charge in [0, 0.05) is 19.1 Å². The second-order valence-electron chi connectivity index (χ2n) is 5.05. The number of benzene rings is 1. The fraction of sp³-hybridized carbons (Fsp3) is 0.500. The molecule has 5 heteroatoms. The van der Waals surface area contributed by atoms with E-state index in [0.29, 0.717) is 34.9 Å². The van der Waals surface area contributed by atoms with E-state index in [9.17, 15) is 4.79 Å². The Bertz CT molecular complexity index is 493. The lowest BCUT2D eigenvalue weighted by Crippen LogP contribution is -2.32. The van der Waals surface area contributed by atoms with Gasteiger partial charge in [-0.2, -0.15) is 0 Å². The van der Waals surface area contributed by atoms with Crippen LogP contribution in [-0.2, 0) is 0 Å². The van der Waals surface area contributed by atoms with E-state index in [1.54, 1.807) is 32.4 Å². The molecule has 2 atom stereocenters. The van der Waals surface area contributed by atoms with Gasteiger partial charge in [-0.05, 0) is 30.0 Å². The van der Waals surface area contributed by atoms with Crippen LogP contribution in [0.1, 0.15) is 10.4 Å². The topological polar surface area (TPSA) is 59.6 Å². The molecule has 0 aromatic heterocycles. The number of hydrogen-bond donors (Lipinski definition) is 2. The Morgan fingerprint density at radius 2 is 2.00 bits per heavy atom. The van der Waals surface area contributed by atoms with Crippen LogP contribution < -0.4 is 20.1 Å². The summed E-state index contributed by atoms with van der Waals surface area (Å²) in [5.41, 5.74) is 0.528. The van der Waals surface area contributed by atoms with Crippen LogP contribution in [0.5, 0.6) is 11.5 Å². The van der Waals surface area contributed by atoms with Crippen molar-refractivity contribution in [3.8, 4) is 11.5 Å². The number of hydrogen-bond acceptors (Lipinski definition) is 4. The molecule has 0 radical (unpaired) electrons. The molecule has 2 unspecified atom stereocenters. The lowest BCUT2D eigenvalue weighted by atomic mass is 10.1. The molecule has 1 amide bonds. The zero-order valence-corrected chi connectivity index (χ0v) is 11.1. The van der Waals surface area contributed by atoms with E-state index >= 15 is 0 Å². The first kappa shape index (κ1) is 12.3. The van der Waals surface area contributed by atoms with Crippen LogP contribution in [0, 0.1) is 11.8 Å². The molecule has 5 nitrogen and oxygen atoms in total. The molecule has 19 heavy (non-hydrogen) atoms. The highest BCUT2D eigenvalue weighted by molar-refractivity contribution is 5.97. The number of amides is 1. The zero-order chi connectivity index (χ0) is 13.4. The molecule has 3 rings (SSSR count). The predicted octanol–water partition coefficient (Wildman–Crippen LogP) is 0.651. The molecular weight excluding hydrogens is 244 g/mol. The maximum absolute atomic E-state index is 12.3. The maximum Gasteiger partial charge on any atom is 0.255 e. The van der Waals surface area contributed by atoms with E-state index in [-0.39, 0.29) is 5.91 Å². The summed E-state index contributed by atoms with van der Waals surface area (Å²) in [7, 11) is 3.15. The average molecular weight is 262 g/mol. The third-order valence-corrected chi connectivity index (χ3v) is 4.04.